The molecule has 0 aromatic heterocycles. The summed E-state index contributed by atoms with van der Waals surface area (Å²) in [7, 11) is 0. The van der Waals surface area contributed by atoms with Crippen LogP contribution < -0.4 is 10.6 Å². The third-order valence-electron chi connectivity index (χ3n) is 5.22. The Kier molecular flexibility index (Phi) is 6.65. The SMILES string of the molecule is CCC1CCCCN1C(=O)c1ccc(C(=O)Nc2ccc(NC(C)=O)cc2)cc1. The van der Waals surface area contributed by atoms with Gasteiger partial charge in [0.25, 0.3) is 11.8 Å². The van der Waals surface area contributed by atoms with Gasteiger partial charge in [-0.1, -0.05) is 6.92 Å². The molecule has 1 unspecified atom stereocenters. The average Bonchev–Trinajstić information content (AvgIpc) is 2.74. The molecule has 0 aliphatic carbocycles. The predicted molar refractivity (Wildman–Crippen MR) is 114 cm³/mol. The molecular formula is C23H27N3O3. The zero-order valence-corrected chi connectivity index (χ0v) is 16.9. The van der Waals surface area contributed by atoms with E-state index in [0.29, 0.717) is 28.5 Å². The number of nitrogens with one attached hydrogen (secondary N) is 2. The van der Waals surface area contributed by atoms with Crippen molar-refractivity contribution in [3.8, 4) is 0 Å². The van der Waals surface area contributed by atoms with Crippen molar-refractivity contribution in [2.75, 3.05) is 17.2 Å². The van der Waals surface area contributed by atoms with Crippen LogP contribution in [0.15, 0.2) is 48.5 Å². The van der Waals surface area contributed by atoms with E-state index in [1.807, 2.05) is 4.90 Å². The molecule has 1 aliphatic heterocycles. The Labute approximate surface area is 171 Å². The summed E-state index contributed by atoms with van der Waals surface area (Å²) in [6.07, 6.45) is 4.24. The zero-order chi connectivity index (χ0) is 20.8. The van der Waals surface area contributed by atoms with Crippen LogP contribution in [0.1, 0.15) is 60.2 Å². The summed E-state index contributed by atoms with van der Waals surface area (Å²) in [5.74, 6) is -0.357. The summed E-state index contributed by atoms with van der Waals surface area (Å²) < 4.78 is 0. The highest BCUT2D eigenvalue weighted by Gasteiger charge is 2.26. The number of nitrogens with zero attached hydrogens (tertiary/aromatic N) is 1. The molecule has 152 valence electrons. The molecule has 0 spiro atoms. The molecule has 6 nitrogen and oxygen atoms in total. The predicted octanol–water partition coefficient (Wildman–Crippen LogP) is 4.30. The van der Waals surface area contributed by atoms with Crippen molar-refractivity contribution in [1.29, 1.82) is 0 Å². The molecule has 0 bridgehead atoms. The topological polar surface area (TPSA) is 78.5 Å². The number of amides is 3. The number of piperidine rings is 1. The Morgan fingerprint density at radius 3 is 2.07 bits per heavy atom. The summed E-state index contributed by atoms with van der Waals surface area (Å²) >= 11 is 0. The molecule has 1 aliphatic rings. The number of carbonyl (C=O) groups is 3. The highest BCUT2D eigenvalue weighted by molar-refractivity contribution is 6.05. The van der Waals surface area contributed by atoms with E-state index < -0.39 is 0 Å². The van der Waals surface area contributed by atoms with Crippen molar-refractivity contribution >= 4 is 29.1 Å². The van der Waals surface area contributed by atoms with Crippen molar-refractivity contribution in [2.24, 2.45) is 0 Å². The molecule has 1 atom stereocenters. The first-order valence-corrected chi connectivity index (χ1v) is 10.1. The number of rotatable bonds is 5. The monoisotopic (exact) mass is 393 g/mol. The Morgan fingerprint density at radius 1 is 0.897 bits per heavy atom. The van der Waals surface area contributed by atoms with Crippen molar-refractivity contribution < 1.29 is 14.4 Å². The summed E-state index contributed by atoms with van der Waals surface area (Å²) in [6, 6.07) is 14.0. The number of anilines is 2. The van der Waals surface area contributed by atoms with Crippen LogP contribution in [0.25, 0.3) is 0 Å². The third-order valence-corrected chi connectivity index (χ3v) is 5.22. The molecule has 29 heavy (non-hydrogen) atoms. The van der Waals surface area contributed by atoms with Crippen LogP contribution in [-0.4, -0.2) is 35.2 Å². The molecule has 1 saturated heterocycles. The Hall–Kier alpha value is -3.15. The first kappa shape index (κ1) is 20.6. The van der Waals surface area contributed by atoms with Gasteiger partial charge in [0.15, 0.2) is 0 Å². The average molecular weight is 393 g/mol. The maximum Gasteiger partial charge on any atom is 0.255 e. The van der Waals surface area contributed by atoms with Gasteiger partial charge in [-0.2, -0.15) is 0 Å². The maximum atomic E-state index is 12.8. The Morgan fingerprint density at radius 2 is 1.48 bits per heavy atom. The highest BCUT2D eigenvalue weighted by atomic mass is 16.2. The van der Waals surface area contributed by atoms with Crippen LogP contribution in [-0.2, 0) is 4.79 Å². The number of carbonyl (C=O) groups excluding carboxylic acids is 3. The molecule has 2 N–H and O–H groups in total. The second-order valence-electron chi connectivity index (χ2n) is 7.35. The Balaban J connectivity index is 1.64. The molecule has 3 rings (SSSR count). The first-order chi connectivity index (χ1) is 14.0. The smallest absolute Gasteiger partial charge is 0.255 e. The quantitative estimate of drug-likeness (QED) is 0.795. The van der Waals surface area contributed by atoms with Gasteiger partial charge < -0.3 is 15.5 Å². The van der Waals surface area contributed by atoms with Gasteiger partial charge in [-0.3, -0.25) is 14.4 Å². The normalized spacial score (nSPS) is 16.2. The summed E-state index contributed by atoms with van der Waals surface area (Å²) in [5, 5.41) is 5.50. The van der Waals surface area contributed by atoms with Gasteiger partial charge in [0, 0.05) is 42.0 Å². The van der Waals surface area contributed by atoms with E-state index in [9.17, 15) is 14.4 Å². The first-order valence-electron chi connectivity index (χ1n) is 10.1. The molecule has 1 fully saturated rings. The standard InChI is InChI=1S/C23H27N3O3/c1-3-21-6-4-5-15-26(21)23(29)18-9-7-17(8-10-18)22(28)25-20-13-11-19(12-14-20)24-16(2)27/h7-14,21H,3-6,15H2,1-2H3,(H,24,27)(H,25,28). The van der Waals surface area contributed by atoms with Gasteiger partial charge in [0.05, 0.1) is 0 Å². The summed E-state index contributed by atoms with van der Waals surface area (Å²) in [4.78, 5) is 38.4. The van der Waals surface area contributed by atoms with Gasteiger partial charge in [-0.05, 0) is 74.2 Å². The van der Waals surface area contributed by atoms with Crippen molar-refractivity contribution in [1.82, 2.24) is 4.90 Å². The zero-order valence-electron chi connectivity index (χ0n) is 16.9. The van der Waals surface area contributed by atoms with Gasteiger partial charge in [-0.25, -0.2) is 0 Å². The number of benzene rings is 2. The van der Waals surface area contributed by atoms with Crippen molar-refractivity contribution in [2.45, 2.75) is 45.6 Å². The second-order valence-corrected chi connectivity index (χ2v) is 7.35. The third kappa shape index (κ3) is 5.22. The fourth-order valence-electron chi connectivity index (χ4n) is 3.67. The lowest BCUT2D eigenvalue weighted by molar-refractivity contribution is -0.114. The molecule has 2 aromatic carbocycles. The fraction of sp³-hybridized carbons (Fsp3) is 0.348. The van der Waals surface area contributed by atoms with E-state index >= 15 is 0 Å². The lowest BCUT2D eigenvalue weighted by atomic mass is 9.98. The minimum Gasteiger partial charge on any atom is -0.336 e. The summed E-state index contributed by atoms with van der Waals surface area (Å²) in [6.45, 7) is 4.36. The van der Waals surface area contributed by atoms with Crippen LogP contribution in [0.2, 0.25) is 0 Å². The lowest BCUT2D eigenvalue weighted by Crippen LogP contribution is -2.43. The minimum atomic E-state index is -0.249. The van der Waals surface area contributed by atoms with E-state index in [1.54, 1.807) is 48.5 Å². The van der Waals surface area contributed by atoms with E-state index in [1.165, 1.54) is 13.3 Å². The van der Waals surface area contributed by atoms with Gasteiger partial charge >= 0.3 is 0 Å². The van der Waals surface area contributed by atoms with Crippen molar-refractivity contribution in [3.63, 3.8) is 0 Å². The largest absolute Gasteiger partial charge is 0.336 e. The number of hydrogen-bond acceptors (Lipinski definition) is 3. The number of likely N-dealkylation sites (tertiary alicyclic amines) is 1. The maximum absolute atomic E-state index is 12.8. The lowest BCUT2D eigenvalue weighted by Gasteiger charge is -2.35. The van der Waals surface area contributed by atoms with Crippen molar-refractivity contribution in [3.05, 3.63) is 59.7 Å². The molecule has 0 saturated carbocycles. The van der Waals surface area contributed by atoms with Gasteiger partial charge in [0.1, 0.15) is 0 Å². The van der Waals surface area contributed by atoms with Crippen LogP contribution >= 0.6 is 0 Å². The van der Waals surface area contributed by atoms with E-state index in [4.69, 9.17) is 0 Å². The van der Waals surface area contributed by atoms with Gasteiger partial charge in [-0.15, -0.1) is 0 Å². The molecule has 0 radical (unpaired) electrons. The highest BCUT2D eigenvalue weighted by Crippen LogP contribution is 2.22. The van der Waals surface area contributed by atoms with E-state index in [2.05, 4.69) is 17.6 Å². The Bertz CT molecular complexity index is 875. The van der Waals surface area contributed by atoms with Crippen LogP contribution in [0.5, 0.6) is 0 Å². The molecule has 3 amide bonds. The van der Waals surface area contributed by atoms with Gasteiger partial charge in [0.2, 0.25) is 5.91 Å². The van der Waals surface area contributed by atoms with E-state index in [-0.39, 0.29) is 17.7 Å². The summed E-state index contributed by atoms with van der Waals surface area (Å²) in [5.41, 5.74) is 2.39. The fourth-order valence-corrected chi connectivity index (χ4v) is 3.67. The minimum absolute atomic E-state index is 0.0390. The molecular weight excluding hydrogens is 366 g/mol. The molecule has 6 heteroatoms. The number of hydrogen-bond donors (Lipinski definition) is 2. The van der Waals surface area contributed by atoms with Crippen LogP contribution in [0, 0.1) is 0 Å². The molecule has 1 heterocycles. The molecule has 2 aromatic rings. The van der Waals surface area contributed by atoms with Crippen LogP contribution in [0.4, 0.5) is 11.4 Å². The van der Waals surface area contributed by atoms with E-state index in [0.717, 1.165) is 25.8 Å². The van der Waals surface area contributed by atoms with Crippen LogP contribution in [0.3, 0.4) is 0 Å². The second kappa shape index (κ2) is 9.37.